The van der Waals surface area contributed by atoms with Crippen LogP contribution in [0.15, 0.2) is 30.5 Å². The van der Waals surface area contributed by atoms with Gasteiger partial charge in [-0.15, -0.1) is 11.3 Å². The van der Waals surface area contributed by atoms with Gasteiger partial charge >= 0.3 is 6.03 Å². The van der Waals surface area contributed by atoms with E-state index in [0.717, 1.165) is 16.1 Å². The first-order valence-corrected chi connectivity index (χ1v) is 6.72. The van der Waals surface area contributed by atoms with Gasteiger partial charge in [0.05, 0.1) is 0 Å². The van der Waals surface area contributed by atoms with Crippen molar-refractivity contribution in [3.63, 3.8) is 0 Å². The maximum atomic E-state index is 11.7. The van der Waals surface area contributed by atoms with Crippen molar-refractivity contribution >= 4 is 28.2 Å². The molecule has 0 saturated carbocycles. The number of aromatic nitrogens is 1. The minimum Gasteiger partial charge on any atom is -0.324 e. The lowest BCUT2D eigenvalue weighted by atomic mass is 10.1. The van der Waals surface area contributed by atoms with Crippen LogP contribution in [0.1, 0.15) is 23.4 Å². The Hall–Kier alpha value is -1.92. The summed E-state index contributed by atoms with van der Waals surface area (Å²) in [4.78, 5) is 16.8. The first kappa shape index (κ1) is 13.5. The van der Waals surface area contributed by atoms with Crippen LogP contribution in [-0.4, -0.2) is 11.0 Å². The molecule has 0 spiro atoms. The number of anilines is 2. The largest absolute Gasteiger partial charge is 0.325 e. The van der Waals surface area contributed by atoms with Crippen LogP contribution in [0.2, 0.25) is 0 Å². The molecule has 1 unspecified atom stereocenters. The van der Waals surface area contributed by atoms with E-state index in [1.807, 2.05) is 38.1 Å². The number of nitrogens with two attached hydrogens (primary N) is 1. The molecule has 2 amide bonds. The molecule has 1 heterocycles. The molecule has 0 aliphatic rings. The Morgan fingerprint density at radius 3 is 2.53 bits per heavy atom. The lowest BCUT2D eigenvalue weighted by molar-refractivity contribution is 0.262. The second-order valence-corrected chi connectivity index (χ2v) is 5.50. The van der Waals surface area contributed by atoms with Gasteiger partial charge in [-0.3, -0.25) is 5.32 Å². The van der Waals surface area contributed by atoms with E-state index in [1.54, 1.807) is 6.20 Å². The number of nitrogens with zero attached hydrogens (tertiary/aromatic N) is 1. The zero-order chi connectivity index (χ0) is 13.8. The van der Waals surface area contributed by atoms with Crippen LogP contribution in [0, 0.1) is 6.92 Å². The van der Waals surface area contributed by atoms with Crippen LogP contribution in [0.5, 0.6) is 0 Å². The van der Waals surface area contributed by atoms with E-state index >= 15 is 0 Å². The fourth-order valence-electron chi connectivity index (χ4n) is 1.54. The second kappa shape index (κ2) is 5.81. The number of rotatable bonds is 3. The van der Waals surface area contributed by atoms with Crippen molar-refractivity contribution in [3.05, 3.63) is 40.9 Å². The van der Waals surface area contributed by atoms with Crippen molar-refractivity contribution in [3.8, 4) is 0 Å². The first-order valence-electron chi connectivity index (χ1n) is 5.90. The molecule has 1 atom stereocenters. The highest BCUT2D eigenvalue weighted by molar-refractivity contribution is 7.15. The summed E-state index contributed by atoms with van der Waals surface area (Å²) in [6.07, 6.45) is 1.72. The number of hydrogen-bond acceptors (Lipinski definition) is 4. The highest BCUT2D eigenvalue weighted by Crippen LogP contribution is 2.17. The van der Waals surface area contributed by atoms with Crippen LogP contribution in [-0.2, 0) is 0 Å². The van der Waals surface area contributed by atoms with E-state index in [-0.39, 0.29) is 12.1 Å². The third-order valence-electron chi connectivity index (χ3n) is 2.54. The number of amides is 2. The molecule has 0 aliphatic heterocycles. The summed E-state index contributed by atoms with van der Waals surface area (Å²) in [7, 11) is 0. The molecule has 6 heteroatoms. The monoisotopic (exact) mass is 276 g/mol. The maximum Gasteiger partial charge on any atom is 0.325 e. The zero-order valence-corrected chi connectivity index (χ0v) is 11.6. The molecule has 4 N–H and O–H groups in total. The van der Waals surface area contributed by atoms with Gasteiger partial charge in [-0.2, -0.15) is 0 Å². The summed E-state index contributed by atoms with van der Waals surface area (Å²) < 4.78 is 0. The maximum absolute atomic E-state index is 11.7. The number of carbonyl (C=O) groups is 1. The number of hydrogen-bond donors (Lipinski definition) is 3. The molecule has 5 nitrogen and oxygen atoms in total. The molecular weight excluding hydrogens is 260 g/mol. The van der Waals surface area contributed by atoms with Crippen molar-refractivity contribution in [1.29, 1.82) is 0 Å². The van der Waals surface area contributed by atoms with Crippen LogP contribution in [0.25, 0.3) is 0 Å². The second-order valence-electron chi connectivity index (χ2n) is 4.27. The molecule has 100 valence electrons. The normalized spacial score (nSPS) is 11.9. The van der Waals surface area contributed by atoms with Gasteiger partial charge < -0.3 is 11.1 Å². The van der Waals surface area contributed by atoms with Crippen LogP contribution < -0.4 is 16.4 Å². The molecule has 0 radical (unpaired) electrons. The highest BCUT2D eigenvalue weighted by atomic mass is 32.1. The van der Waals surface area contributed by atoms with Crippen molar-refractivity contribution in [2.75, 3.05) is 10.6 Å². The Balaban J connectivity index is 1.95. The minimum atomic E-state index is -0.303. The molecule has 2 aromatic rings. The van der Waals surface area contributed by atoms with Gasteiger partial charge in [-0.1, -0.05) is 12.1 Å². The molecule has 1 aromatic carbocycles. The molecule has 0 saturated heterocycles. The van der Waals surface area contributed by atoms with Gasteiger partial charge in [0.1, 0.15) is 0 Å². The fraction of sp³-hybridized carbons (Fsp3) is 0.231. The number of aryl methyl sites for hydroxylation is 1. The predicted octanol–water partition coefficient (Wildman–Crippen LogP) is 3.12. The van der Waals surface area contributed by atoms with E-state index in [2.05, 4.69) is 15.6 Å². The Kier molecular flexibility index (Phi) is 4.13. The van der Waals surface area contributed by atoms with E-state index in [4.69, 9.17) is 5.73 Å². The topological polar surface area (TPSA) is 80.0 Å². The number of urea groups is 1. The van der Waals surface area contributed by atoms with E-state index in [1.165, 1.54) is 11.3 Å². The molecule has 0 fully saturated rings. The number of carbonyl (C=O) groups excluding carboxylic acids is 1. The Morgan fingerprint density at radius 1 is 1.32 bits per heavy atom. The highest BCUT2D eigenvalue weighted by Gasteiger charge is 2.06. The fourth-order valence-corrected chi connectivity index (χ4v) is 2.20. The number of nitrogens with one attached hydrogen (secondary N) is 2. The smallest absolute Gasteiger partial charge is 0.324 e. The van der Waals surface area contributed by atoms with Crippen LogP contribution in [0.4, 0.5) is 15.6 Å². The summed E-state index contributed by atoms with van der Waals surface area (Å²) in [5, 5.41) is 6.01. The van der Waals surface area contributed by atoms with Crippen molar-refractivity contribution < 1.29 is 4.79 Å². The average Bonchev–Trinajstić information content (AvgIpc) is 2.75. The first-order chi connectivity index (χ1) is 9.04. The quantitative estimate of drug-likeness (QED) is 0.805. The SMILES string of the molecule is Cc1cnc(NC(=O)Nc2ccc(C(C)N)cc2)s1. The van der Waals surface area contributed by atoms with Crippen LogP contribution in [0.3, 0.4) is 0 Å². The molecule has 19 heavy (non-hydrogen) atoms. The Morgan fingerprint density at radius 2 is 2.00 bits per heavy atom. The van der Waals surface area contributed by atoms with Gasteiger partial charge in [0, 0.05) is 22.8 Å². The molecule has 2 rings (SSSR count). The van der Waals surface area contributed by atoms with E-state index in [9.17, 15) is 4.79 Å². The lowest BCUT2D eigenvalue weighted by Gasteiger charge is -2.08. The standard InChI is InChI=1S/C13H16N4OS/c1-8-7-15-13(19-8)17-12(18)16-11-5-3-10(4-6-11)9(2)14/h3-7,9H,14H2,1-2H3,(H2,15,16,17,18). The summed E-state index contributed by atoms with van der Waals surface area (Å²) in [5.74, 6) is 0. The van der Waals surface area contributed by atoms with Gasteiger partial charge in [0.2, 0.25) is 0 Å². The average molecular weight is 276 g/mol. The zero-order valence-electron chi connectivity index (χ0n) is 10.8. The van der Waals surface area contributed by atoms with Gasteiger partial charge in [-0.05, 0) is 31.5 Å². The van der Waals surface area contributed by atoms with Gasteiger partial charge in [-0.25, -0.2) is 9.78 Å². The molecular formula is C13H16N4OS. The number of benzene rings is 1. The summed E-state index contributed by atoms with van der Waals surface area (Å²) in [6, 6.07) is 7.13. The third kappa shape index (κ3) is 3.77. The summed E-state index contributed by atoms with van der Waals surface area (Å²) in [6.45, 7) is 3.85. The van der Waals surface area contributed by atoms with E-state index < -0.39 is 0 Å². The van der Waals surface area contributed by atoms with Crippen molar-refractivity contribution in [1.82, 2.24) is 4.98 Å². The molecule has 0 aliphatic carbocycles. The van der Waals surface area contributed by atoms with E-state index in [0.29, 0.717) is 5.13 Å². The third-order valence-corrected chi connectivity index (χ3v) is 3.36. The summed E-state index contributed by atoms with van der Waals surface area (Å²) in [5.41, 5.74) is 7.51. The molecule has 1 aromatic heterocycles. The van der Waals surface area contributed by atoms with Gasteiger partial charge in [0.15, 0.2) is 5.13 Å². The Labute approximate surface area is 115 Å². The minimum absolute atomic E-state index is 0.0128. The van der Waals surface area contributed by atoms with Crippen molar-refractivity contribution in [2.45, 2.75) is 19.9 Å². The number of thiazole rings is 1. The van der Waals surface area contributed by atoms with Crippen molar-refractivity contribution in [2.24, 2.45) is 5.73 Å². The lowest BCUT2D eigenvalue weighted by Crippen LogP contribution is -2.19. The molecule has 0 bridgehead atoms. The predicted molar refractivity (Wildman–Crippen MR) is 78.5 cm³/mol. The summed E-state index contributed by atoms with van der Waals surface area (Å²) >= 11 is 1.43. The Bertz CT molecular complexity index is 562. The van der Waals surface area contributed by atoms with Crippen LogP contribution >= 0.6 is 11.3 Å². The van der Waals surface area contributed by atoms with Gasteiger partial charge in [0.25, 0.3) is 0 Å².